The first-order chi connectivity index (χ1) is 7.54. The number of hydrogen-bond acceptors (Lipinski definition) is 1. The first kappa shape index (κ1) is 11.5. The van der Waals surface area contributed by atoms with Gasteiger partial charge in [0.2, 0.25) is 0 Å². The summed E-state index contributed by atoms with van der Waals surface area (Å²) < 4.78 is 0. The minimum Gasteiger partial charge on any atom is -0.382 e. The molecule has 1 aliphatic heterocycles. The van der Waals surface area contributed by atoms with Crippen LogP contribution >= 0.6 is 0 Å². The Morgan fingerprint density at radius 3 is 2.75 bits per heavy atom. The van der Waals surface area contributed by atoms with E-state index in [-0.39, 0.29) is 0 Å². The van der Waals surface area contributed by atoms with Crippen LogP contribution in [0, 0.1) is 5.41 Å². The molecule has 0 amide bonds. The third kappa shape index (κ3) is 3.01. The minimum absolute atomic E-state index is 0.457. The fraction of sp³-hybridized carbons (Fsp3) is 0.600. The number of benzene rings is 1. The first-order valence-electron chi connectivity index (χ1n) is 6.39. The van der Waals surface area contributed by atoms with E-state index >= 15 is 0 Å². The minimum atomic E-state index is 0.457. The van der Waals surface area contributed by atoms with Crippen LogP contribution < -0.4 is 5.32 Å². The normalized spacial score (nSPS) is 20.1. The summed E-state index contributed by atoms with van der Waals surface area (Å²) in [7, 11) is 0. The molecule has 88 valence electrons. The van der Waals surface area contributed by atoms with Crippen LogP contribution in [0.3, 0.4) is 0 Å². The molecule has 1 unspecified atom stereocenters. The maximum Gasteiger partial charge on any atom is 0.0374 e. The van der Waals surface area contributed by atoms with E-state index in [9.17, 15) is 0 Å². The maximum absolute atomic E-state index is 3.67. The number of rotatable bonds is 2. The lowest BCUT2D eigenvalue weighted by molar-refractivity contribution is 0.348. The lowest BCUT2D eigenvalue weighted by Gasteiger charge is -2.29. The van der Waals surface area contributed by atoms with Gasteiger partial charge in [-0.15, -0.1) is 0 Å². The van der Waals surface area contributed by atoms with Crippen molar-refractivity contribution in [3.8, 4) is 0 Å². The number of para-hydroxylation sites is 1. The van der Waals surface area contributed by atoms with Gasteiger partial charge in [-0.2, -0.15) is 0 Å². The Morgan fingerprint density at radius 2 is 2.00 bits per heavy atom. The Hall–Kier alpha value is -0.980. The smallest absolute Gasteiger partial charge is 0.0374 e. The molecule has 0 fully saturated rings. The summed E-state index contributed by atoms with van der Waals surface area (Å²) in [6.07, 6.45) is 5.11. The van der Waals surface area contributed by atoms with E-state index in [1.807, 2.05) is 0 Å². The van der Waals surface area contributed by atoms with Gasteiger partial charge in [0.25, 0.3) is 0 Å². The van der Waals surface area contributed by atoms with Gasteiger partial charge in [0.15, 0.2) is 0 Å². The summed E-state index contributed by atoms with van der Waals surface area (Å²) in [5, 5.41) is 3.67. The molecule has 1 N–H and O–H groups in total. The Bertz CT molecular complexity index is 349. The number of nitrogens with one attached hydrogen (secondary N) is 1. The molecule has 1 nitrogen and oxygen atoms in total. The number of fused-ring (bicyclic) bond motifs is 1. The standard InChI is InChI=1S/C15H23N/c1-15(2,3)11-10-13-9-8-12-6-4-5-7-14(12)16-13/h4-7,13,16H,8-11H2,1-3H3. The van der Waals surface area contributed by atoms with Crippen molar-refractivity contribution in [2.45, 2.75) is 52.5 Å². The van der Waals surface area contributed by atoms with Crippen molar-refractivity contribution < 1.29 is 0 Å². The highest BCUT2D eigenvalue weighted by atomic mass is 14.9. The predicted octanol–water partition coefficient (Wildman–Crippen LogP) is 4.24. The van der Waals surface area contributed by atoms with Crippen LogP contribution in [-0.2, 0) is 6.42 Å². The summed E-state index contributed by atoms with van der Waals surface area (Å²) in [5.74, 6) is 0. The zero-order valence-electron chi connectivity index (χ0n) is 10.7. The average Bonchev–Trinajstić information content (AvgIpc) is 2.25. The molecule has 1 aromatic carbocycles. The van der Waals surface area contributed by atoms with Crippen molar-refractivity contribution in [3.05, 3.63) is 29.8 Å². The van der Waals surface area contributed by atoms with E-state index in [2.05, 4.69) is 50.4 Å². The van der Waals surface area contributed by atoms with Gasteiger partial charge < -0.3 is 5.32 Å². The predicted molar refractivity (Wildman–Crippen MR) is 70.9 cm³/mol. The quantitative estimate of drug-likeness (QED) is 0.781. The van der Waals surface area contributed by atoms with Crippen molar-refractivity contribution in [2.75, 3.05) is 5.32 Å². The molecule has 0 radical (unpaired) electrons. The number of anilines is 1. The van der Waals surface area contributed by atoms with Crippen LogP contribution in [-0.4, -0.2) is 6.04 Å². The van der Waals surface area contributed by atoms with Crippen molar-refractivity contribution >= 4 is 5.69 Å². The Labute approximate surface area is 99.3 Å². The number of hydrogen-bond donors (Lipinski definition) is 1. The fourth-order valence-corrected chi connectivity index (χ4v) is 2.32. The van der Waals surface area contributed by atoms with Gasteiger partial charge in [0.05, 0.1) is 0 Å². The summed E-state index contributed by atoms with van der Waals surface area (Å²) in [6, 6.07) is 9.38. The first-order valence-corrected chi connectivity index (χ1v) is 6.39. The highest BCUT2D eigenvalue weighted by Gasteiger charge is 2.19. The van der Waals surface area contributed by atoms with E-state index in [0.29, 0.717) is 11.5 Å². The molecule has 0 bridgehead atoms. The fourth-order valence-electron chi connectivity index (χ4n) is 2.32. The SMILES string of the molecule is CC(C)(C)CCC1CCc2ccccc2N1. The lowest BCUT2D eigenvalue weighted by atomic mass is 9.86. The number of aryl methyl sites for hydroxylation is 1. The molecule has 16 heavy (non-hydrogen) atoms. The molecule has 0 saturated carbocycles. The van der Waals surface area contributed by atoms with Gasteiger partial charge in [-0.25, -0.2) is 0 Å². The molecule has 1 aromatic rings. The Morgan fingerprint density at radius 1 is 1.25 bits per heavy atom. The molecule has 1 heteroatoms. The van der Waals surface area contributed by atoms with Gasteiger partial charge in [0, 0.05) is 11.7 Å². The largest absolute Gasteiger partial charge is 0.382 e. The summed E-state index contributed by atoms with van der Waals surface area (Å²) in [5.41, 5.74) is 3.29. The van der Waals surface area contributed by atoms with E-state index in [1.165, 1.54) is 36.9 Å². The monoisotopic (exact) mass is 217 g/mol. The molecule has 1 heterocycles. The van der Waals surface area contributed by atoms with E-state index in [0.717, 1.165) is 0 Å². The molecule has 0 spiro atoms. The van der Waals surface area contributed by atoms with Gasteiger partial charge >= 0.3 is 0 Å². The topological polar surface area (TPSA) is 12.0 Å². The lowest BCUT2D eigenvalue weighted by Crippen LogP contribution is -2.26. The van der Waals surface area contributed by atoms with Gasteiger partial charge in [0.1, 0.15) is 0 Å². The third-order valence-electron chi connectivity index (χ3n) is 3.38. The molecule has 0 aromatic heterocycles. The molecule has 2 rings (SSSR count). The van der Waals surface area contributed by atoms with Gasteiger partial charge in [-0.1, -0.05) is 39.0 Å². The van der Waals surface area contributed by atoms with Crippen molar-refractivity contribution in [1.29, 1.82) is 0 Å². The Balaban J connectivity index is 1.93. The van der Waals surface area contributed by atoms with Crippen LogP contribution in [0.4, 0.5) is 5.69 Å². The Kier molecular flexibility index (Phi) is 3.22. The van der Waals surface area contributed by atoms with E-state index in [1.54, 1.807) is 0 Å². The van der Waals surface area contributed by atoms with Gasteiger partial charge in [-0.05, 0) is 42.7 Å². The zero-order valence-corrected chi connectivity index (χ0v) is 10.7. The van der Waals surface area contributed by atoms with Crippen LogP contribution in [0.25, 0.3) is 0 Å². The summed E-state index contributed by atoms with van der Waals surface area (Å²) in [6.45, 7) is 6.97. The molecule has 1 atom stereocenters. The van der Waals surface area contributed by atoms with Crippen molar-refractivity contribution in [3.63, 3.8) is 0 Å². The summed E-state index contributed by atoms with van der Waals surface area (Å²) in [4.78, 5) is 0. The van der Waals surface area contributed by atoms with Crippen LogP contribution in [0.15, 0.2) is 24.3 Å². The molecular weight excluding hydrogens is 194 g/mol. The maximum atomic E-state index is 3.67. The van der Waals surface area contributed by atoms with Crippen LogP contribution in [0.5, 0.6) is 0 Å². The highest BCUT2D eigenvalue weighted by molar-refractivity contribution is 5.53. The third-order valence-corrected chi connectivity index (χ3v) is 3.38. The second-order valence-electron chi connectivity index (χ2n) is 6.14. The van der Waals surface area contributed by atoms with Gasteiger partial charge in [-0.3, -0.25) is 0 Å². The molecule has 0 saturated heterocycles. The molecule has 1 aliphatic rings. The van der Waals surface area contributed by atoms with Crippen LogP contribution in [0.1, 0.15) is 45.6 Å². The second kappa shape index (κ2) is 4.48. The average molecular weight is 217 g/mol. The van der Waals surface area contributed by atoms with E-state index in [4.69, 9.17) is 0 Å². The van der Waals surface area contributed by atoms with Crippen molar-refractivity contribution in [2.24, 2.45) is 5.41 Å². The highest BCUT2D eigenvalue weighted by Crippen LogP contribution is 2.29. The van der Waals surface area contributed by atoms with Crippen molar-refractivity contribution in [1.82, 2.24) is 0 Å². The zero-order chi connectivity index (χ0) is 11.6. The summed E-state index contributed by atoms with van der Waals surface area (Å²) >= 11 is 0. The second-order valence-corrected chi connectivity index (χ2v) is 6.14. The van der Waals surface area contributed by atoms with Crippen LogP contribution in [0.2, 0.25) is 0 Å². The van der Waals surface area contributed by atoms with E-state index < -0.39 is 0 Å². The molecular formula is C15H23N. The molecule has 0 aliphatic carbocycles.